The molecule has 1 amide bonds. The minimum absolute atomic E-state index is 0.0614. The molecule has 9 atom stereocenters. The standard InChI is InChI=1S/C26H47NO9/c1-10-34-14-18(31-7)11-21-25(5,6)20(28)12-19(35-21)24(32-8)27-23(30)22(29)26(33-9)13-15(2)16(3)17(4)36-26/h16-22,24,28-29H,2,10-14H2,1,3-9H3,(H,27,30)/t16-,17-,18+,19+,20-,21-,22-,24+,26-/m1/s1. The molecule has 0 aromatic carbocycles. The number of aliphatic hydroxyl groups excluding tert-OH is 2. The van der Waals surface area contributed by atoms with Crippen LogP contribution >= 0.6 is 0 Å². The molecule has 2 fully saturated rings. The molecule has 2 heterocycles. The predicted octanol–water partition coefficient (Wildman–Crippen LogP) is 1.77. The maximum atomic E-state index is 13.2. The Balaban J connectivity index is 2.15. The number of carbonyl (C=O) groups excluding carboxylic acids is 1. The lowest BCUT2D eigenvalue weighted by Crippen LogP contribution is -2.62. The van der Waals surface area contributed by atoms with E-state index in [1.165, 1.54) is 14.2 Å². The van der Waals surface area contributed by atoms with E-state index in [1.807, 2.05) is 34.6 Å². The molecule has 2 aliphatic heterocycles. The van der Waals surface area contributed by atoms with E-state index < -0.39 is 47.8 Å². The van der Waals surface area contributed by atoms with Gasteiger partial charge in [-0.15, -0.1) is 0 Å². The van der Waals surface area contributed by atoms with Gasteiger partial charge in [-0.1, -0.05) is 32.9 Å². The topological polar surface area (TPSA) is 125 Å². The summed E-state index contributed by atoms with van der Waals surface area (Å²) >= 11 is 0. The van der Waals surface area contributed by atoms with Crippen LogP contribution in [0.15, 0.2) is 12.2 Å². The van der Waals surface area contributed by atoms with Crippen LogP contribution in [0.3, 0.4) is 0 Å². The lowest BCUT2D eigenvalue weighted by molar-refractivity contribution is -0.298. The van der Waals surface area contributed by atoms with E-state index in [2.05, 4.69) is 11.9 Å². The summed E-state index contributed by atoms with van der Waals surface area (Å²) in [4.78, 5) is 13.2. The Morgan fingerprint density at radius 1 is 1.25 bits per heavy atom. The molecule has 210 valence electrons. The second-order valence-corrected chi connectivity index (χ2v) is 10.5. The molecule has 0 spiro atoms. The van der Waals surface area contributed by atoms with Crippen molar-refractivity contribution in [2.75, 3.05) is 34.5 Å². The van der Waals surface area contributed by atoms with Gasteiger partial charge in [0.15, 0.2) is 12.3 Å². The fourth-order valence-electron chi connectivity index (χ4n) is 4.84. The normalized spacial score (nSPS) is 35.2. The molecule has 3 N–H and O–H groups in total. The molecule has 2 aliphatic rings. The Bertz CT molecular complexity index is 732. The minimum atomic E-state index is -1.64. The maximum absolute atomic E-state index is 13.2. The third-order valence-electron chi connectivity index (χ3n) is 7.89. The maximum Gasteiger partial charge on any atom is 0.256 e. The molecule has 0 aliphatic carbocycles. The van der Waals surface area contributed by atoms with Gasteiger partial charge in [0.25, 0.3) is 5.91 Å². The van der Waals surface area contributed by atoms with Crippen LogP contribution < -0.4 is 5.32 Å². The van der Waals surface area contributed by atoms with Crippen molar-refractivity contribution in [3.63, 3.8) is 0 Å². The fourth-order valence-corrected chi connectivity index (χ4v) is 4.84. The van der Waals surface area contributed by atoms with Gasteiger partial charge in [0.2, 0.25) is 5.79 Å². The molecular formula is C26H47NO9. The van der Waals surface area contributed by atoms with Crippen molar-refractivity contribution in [2.24, 2.45) is 11.3 Å². The Labute approximate surface area is 215 Å². The highest BCUT2D eigenvalue weighted by Crippen LogP contribution is 2.41. The van der Waals surface area contributed by atoms with Gasteiger partial charge in [0, 0.05) is 58.5 Å². The summed E-state index contributed by atoms with van der Waals surface area (Å²) in [5.41, 5.74) is 0.263. The quantitative estimate of drug-likeness (QED) is 0.262. The summed E-state index contributed by atoms with van der Waals surface area (Å²) in [6.45, 7) is 14.7. The first-order valence-electron chi connectivity index (χ1n) is 12.7. The molecule has 2 rings (SSSR count). The van der Waals surface area contributed by atoms with Gasteiger partial charge in [0.05, 0.1) is 31.0 Å². The summed E-state index contributed by atoms with van der Waals surface area (Å²) in [5, 5.41) is 24.7. The second kappa shape index (κ2) is 13.1. The van der Waals surface area contributed by atoms with Crippen molar-refractivity contribution >= 4 is 5.91 Å². The molecule has 10 heteroatoms. The smallest absolute Gasteiger partial charge is 0.256 e. The molecule has 0 bridgehead atoms. The molecule has 0 aromatic heterocycles. The van der Waals surface area contributed by atoms with Gasteiger partial charge in [-0.25, -0.2) is 0 Å². The summed E-state index contributed by atoms with van der Waals surface area (Å²) in [6.07, 6.45) is -3.96. The van der Waals surface area contributed by atoms with Gasteiger partial charge in [-0.05, 0) is 13.8 Å². The summed E-state index contributed by atoms with van der Waals surface area (Å²) in [6, 6.07) is 0. The van der Waals surface area contributed by atoms with Crippen LogP contribution in [0.25, 0.3) is 0 Å². The van der Waals surface area contributed by atoms with E-state index >= 15 is 0 Å². The largest absolute Gasteiger partial charge is 0.392 e. The molecule has 0 unspecified atom stereocenters. The highest BCUT2D eigenvalue weighted by Gasteiger charge is 2.51. The van der Waals surface area contributed by atoms with Crippen molar-refractivity contribution in [1.82, 2.24) is 5.32 Å². The van der Waals surface area contributed by atoms with Gasteiger partial charge >= 0.3 is 0 Å². The predicted molar refractivity (Wildman–Crippen MR) is 133 cm³/mol. The number of aliphatic hydroxyl groups is 2. The van der Waals surface area contributed by atoms with E-state index in [1.54, 1.807) is 7.11 Å². The van der Waals surface area contributed by atoms with Crippen molar-refractivity contribution in [3.8, 4) is 0 Å². The number of nitrogens with one attached hydrogen (secondary N) is 1. The third kappa shape index (κ3) is 6.85. The zero-order valence-corrected chi connectivity index (χ0v) is 23.1. The summed E-state index contributed by atoms with van der Waals surface area (Å²) in [5.74, 6) is -2.23. The van der Waals surface area contributed by atoms with E-state index in [0.717, 1.165) is 5.57 Å². The van der Waals surface area contributed by atoms with Crippen molar-refractivity contribution in [1.29, 1.82) is 0 Å². The van der Waals surface area contributed by atoms with Crippen LogP contribution in [0.4, 0.5) is 0 Å². The van der Waals surface area contributed by atoms with Crippen LogP contribution in [0, 0.1) is 11.3 Å². The van der Waals surface area contributed by atoms with Crippen LogP contribution in [0.1, 0.15) is 53.9 Å². The Hall–Kier alpha value is -1.11. The summed E-state index contributed by atoms with van der Waals surface area (Å²) < 4.78 is 34.5. The van der Waals surface area contributed by atoms with Crippen LogP contribution in [-0.2, 0) is 33.2 Å². The van der Waals surface area contributed by atoms with E-state index in [9.17, 15) is 15.0 Å². The molecule has 10 nitrogen and oxygen atoms in total. The number of hydrogen-bond donors (Lipinski definition) is 3. The van der Waals surface area contributed by atoms with Crippen molar-refractivity contribution < 1.29 is 43.4 Å². The lowest BCUT2D eigenvalue weighted by Gasteiger charge is -2.48. The molecule has 0 saturated carbocycles. The van der Waals surface area contributed by atoms with E-state index in [-0.39, 0.29) is 31.0 Å². The van der Waals surface area contributed by atoms with Crippen LogP contribution in [-0.4, -0.2) is 99.3 Å². The number of ether oxygens (including phenoxy) is 6. The number of methoxy groups -OCH3 is 3. The molecule has 2 saturated heterocycles. The summed E-state index contributed by atoms with van der Waals surface area (Å²) in [7, 11) is 4.44. The lowest BCUT2D eigenvalue weighted by atomic mass is 9.74. The van der Waals surface area contributed by atoms with Crippen molar-refractivity contribution in [2.45, 2.75) is 103 Å². The van der Waals surface area contributed by atoms with E-state index in [4.69, 9.17) is 28.4 Å². The fraction of sp³-hybridized carbons (Fsp3) is 0.885. The molecule has 0 radical (unpaired) electrons. The van der Waals surface area contributed by atoms with Gasteiger partial charge in [0.1, 0.15) is 6.10 Å². The Morgan fingerprint density at radius 3 is 2.44 bits per heavy atom. The molecule has 0 aromatic rings. The highest BCUT2D eigenvalue weighted by atomic mass is 16.7. The highest BCUT2D eigenvalue weighted by molar-refractivity contribution is 5.82. The first-order valence-corrected chi connectivity index (χ1v) is 12.7. The zero-order valence-electron chi connectivity index (χ0n) is 23.1. The van der Waals surface area contributed by atoms with Gasteiger partial charge in [-0.3, -0.25) is 4.79 Å². The SMILES string of the molecule is C=C1C[C@](OC)([C@H](O)C(=O)N[C@@H](OC)[C@@H]2C[C@@H](O)C(C)(C)[C@@H](C[C@@H](COCC)OC)O2)O[C@H](C)[C@@H]1C. The molecular weight excluding hydrogens is 470 g/mol. The Kier molecular flexibility index (Phi) is 11.3. The van der Waals surface area contributed by atoms with Crippen LogP contribution in [0.5, 0.6) is 0 Å². The zero-order chi connectivity index (χ0) is 27.3. The first kappa shape index (κ1) is 31.1. The number of carbonyl (C=O) groups is 1. The van der Waals surface area contributed by atoms with Gasteiger partial charge < -0.3 is 44.0 Å². The first-order chi connectivity index (χ1) is 16.9. The Morgan fingerprint density at radius 2 is 1.92 bits per heavy atom. The second-order valence-electron chi connectivity index (χ2n) is 10.5. The minimum Gasteiger partial charge on any atom is -0.392 e. The monoisotopic (exact) mass is 517 g/mol. The number of rotatable bonds is 12. The third-order valence-corrected chi connectivity index (χ3v) is 7.89. The average Bonchev–Trinajstić information content (AvgIpc) is 2.85. The van der Waals surface area contributed by atoms with E-state index in [0.29, 0.717) is 19.6 Å². The number of amides is 1. The average molecular weight is 518 g/mol. The molecule has 36 heavy (non-hydrogen) atoms. The van der Waals surface area contributed by atoms with Crippen LogP contribution in [0.2, 0.25) is 0 Å². The van der Waals surface area contributed by atoms with Crippen molar-refractivity contribution in [3.05, 3.63) is 12.2 Å². The number of hydrogen-bond acceptors (Lipinski definition) is 9. The van der Waals surface area contributed by atoms with Gasteiger partial charge in [-0.2, -0.15) is 0 Å².